The van der Waals surface area contributed by atoms with Crippen LogP contribution in [0.5, 0.6) is 0 Å². The number of H-pyrrole nitrogens is 1. The Balaban J connectivity index is 1.66. The van der Waals surface area contributed by atoms with E-state index in [0.717, 1.165) is 12.1 Å². The molecule has 5 heteroatoms. The molecule has 1 aromatic carbocycles. The maximum absolute atomic E-state index is 11.5. The van der Waals surface area contributed by atoms with Gasteiger partial charge >= 0.3 is 0 Å². The fraction of sp³-hybridized carbons (Fsp3) is 0.400. The van der Waals surface area contributed by atoms with Crippen molar-refractivity contribution in [2.45, 2.75) is 13.0 Å². The maximum Gasteiger partial charge on any atom is 0.221 e. The van der Waals surface area contributed by atoms with Crippen molar-refractivity contribution in [2.75, 3.05) is 26.8 Å². The normalized spacial score (nSPS) is 10.8. The van der Waals surface area contributed by atoms with E-state index in [1.165, 1.54) is 10.9 Å². The second kappa shape index (κ2) is 7.67. The van der Waals surface area contributed by atoms with Gasteiger partial charge in [0, 0.05) is 44.9 Å². The van der Waals surface area contributed by atoms with E-state index in [1.807, 2.05) is 6.20 Å². The topological polar surface area (TPSA) is 66.2 Å². The predicted molar refractivity (Wildman–Crippen MR) is 79.5 cm³/mol. The number of benzene rings is 1. The van der Waals surface area contributed by atoms with Crippen molar-refractivity contribution in [3.63, 3.8) is 0 Å². The Hall–Kier alpha value is -1.85. The van der Waals surface area contributed by atoms with Gasteiger partial charge in [0.1, 0.15) is 0 Å². The van der Waals surface area contributed by atoms with Crippen molar-refractivity contribution in [1.82, 2.24) is 15.6 Å². The second-order valence-corrected chi connectivity index (χ2v) is 4.67. The van der Waals surface area contributed by atoms with Crippen molar-refractivity contribution in [1.29, 1.82) is 0 Å². The van der Waals surface area contributed by atoms with E-state index in [0.29, 0.717) is 26.1 Å². The summed E-state index contributed by atoms with van der Waals surface area (Å²) in [4.78, 5) is 14.6. The molecule has 0 unspecified atom stereocenters. The number of aromatic nitrogens is 1. The first-order valence-corrected chi connectivity index (χ1v) is 6.82. The molecule has 0 bridgehead atoms. The lowest BCUT2D eigenvalue weighted by Gasteiger charge is -2.06. The molecule has 1 aromatic heterocycles. The second-order valence-electron chi connectivity index (χ2n) is 4.67. The monoisotopic (exact) mass is 275 g/mol. The van der Waals surface area contributed by atoms with Gasteiger partial charge in [0.2, 0.25) is 5.91 Å². The lowest BCUT2D eigenvalue weighted by Crippen LogP contribution is -2.29. The molecule has 2 rings (SSSR count). The highest BCUT2D eigenvalue weighted by atomic mass is 16.5. The standard InChI is InChI=1S/C15H21N3O2/c1-20-9-8-18-15(19)5-6-16-11-12-2-3-14-13(10-12)4-7-17-14/h2-4,7,10,16-17H,5-6,8-9,11H2,1H3,(H,18,19). The number of nitrogens with one attached hydrogen (secondary N) is 3. The molecule has 3 N–H and O–H groups in total. The molecule has 0 saturated carbocycles. The number of fused-ring (bicyclic) bond motifs is 1. The minimum atomic E-state index is 0.0515. The summed E-state index contributed by atoms with van der Waals surface area (Å²) in [6.07, 6.45) is 2.42. The lowest BCUT2D eigenvalue weighted by molar-refractivity contribution is -0.121. The molecule has 108 valence electrons. The highest BCUT2D eigenvalue weighted by molar-refractivity contribution is 5.79. The summed E-state index contributed by atoms with van der Waals surface area (Å²) in [6.45, 7) is 2.56. The molecule has 0 aliphatic carbocycles. The summed E-state index contributed by atoms with van der Waals surface area (Å²) >= 11 is 0. The van der Waals surface area contributed by atoms with Crippen LogP contribution in [0.25, 0.3) is 10.9 Å². The molecule has 0 fully saturated rings. The molecular weight excluding hydrogens is 254 g/mol. The van der Waals surface area contributed by atoms with E-state index in [1.54, 1.807) is 7.11 Å². The van der Waals surface area contributed by atoms with Gasteiger partial charge in [-0.3, -0.25) is 4.79 Å². The molecule has 0 aliphatic rings. The molecule has 0 atom stereocenters. The quantitative estimate of drug-likeness (QED) is 0.638. The molecule has 1 heterocycles. The number of ether oxygens (including phenoxy) is 1. The number of carbonyl (C=O) groups excluding carboxylic acids is 1. The van der Waals surface area contributed by atoms with E-state index >= 15 is 0 Å². The van der Waals surface area contributed by atoms with Gasteiger partial charge in [-0.25, -0.2) is 0 Å². The van der Waals surface area contributed by atoms with Gasteiger partial charge in [0.15, 0.2) is 0 Å². The zero-order chi connectivity index (χ0) is 14.2. The van der Waals surface area contributed by atoms with E-state index in [4.69, 9.17) is 4.74 Å². The van der Waals surface area contributed by atoms with Crippen LogP contribution in [-0.4, -0.2) is 37.7 Å². The largest absolute Gasteiger partial charge is 0.383 e. The average molecular weight is 275 g/mol. The van der Waals surface area contributed by atoms with Crippen LogP contribution >= 0.6 is 0 Å². The molecule has 0 saturated heterocycles. The van der Waals surface area contributed by atoms with Crippen LogP contribution in [0.2, 0.25) is 0 Å². The van der Waals surface area contributed by atoms with Gasteiger partial charge in [-0.05, 0) is 29.1 Å². The van der Waals surface area contributed by atoms with Crippen molar-refractivity contribution >= 4 is 16.8 Å². The molecule has 5 nitrogen and oxygen atoms in total. The molecular formula is C15H21N3O2. The first-order chi connectivity index (χ1) is 9.79. The molecule has 0 radical (unpaired) electrons. The number of methoxy groups -OCH3 is 1. The number of hydrogen-bond acceptors (Lipinski definition) is 3. The van der Waals surface area contributed by atoms with Gasteiger partial charge in [0.25, 0.3) is 0 Å². The minimum Gasteiger partial charge on any atom is -0.383 e. The SMILES string of the molecule is COCCNC(=O)CCNCc1ccc2[nH]ccc2c1. The van der Waals surface area contributed by atoms with Crippen molar-refractivity contribution in [3.05, 3.63) is 36.0 Å². The summed E-state index contributed by atoms with van der Waals surface area (Å²) in [5.41, 5.74) is 2.36. The maximum atomic E-state index is 11.5. The molecule has 0 spiro atoms. The number of carbonyl (C=O) groups is 1. The number of rotatable bonds is 8. The van der Waals surface area contributed by atoms with Gasteiger partial charge in [-0.2, -0.15) is 0 Å². The Morgan fingerprint density at radius 1 is 1.30 bits per heavy atom. The van der Waals surface area contributed by atoms with E-state index < -0.39 is 0 Å². The van der Waals surface area contributed by atoms with Gasteiger partial charge in [-0.1, -0.05) is 6.07 Å². The van der Waals surface area contributed by atoms with E-state index in [9.17, 15) is 4.79 Å². The third-order valence-electron chi connectivity index (χ3n) is 3.10. The van der Waals surface area contributed by atoms with Crippen molar-refractivity contribution < 1.29 is 9.53 Å². The third-order valence-corrected chi connectivity index (χ3v) is 3.10. The van der Waals surface area contributed by atoms with Crippen LogP contribution in [0.3, 0.4) is 0 Å². The highest BCUT2D eigenvalue weighted by Crippen LogP contribution is 2.13. The van der Waals surface area contributed by atoms with Crippen LogP contribution in [0.15, 0.2) is 30.5 Å². The van der Waals surface area contributed by atoms with Crippen LogP contribution < -0.4 is 10.6 Å². The summed E-state index contributed by atoms with van der Waals surface area (Å²) in [5, 5.41) is 7.28. The van der Waals surface area contributed by atoms with Crippen LogP contribution in [0.1, 0.15) is 12.0 Å². The number of hydrogen-bond donors (Lipinski definition) is 3. The van der Waals surface area contributed by atoms with Crippen LogP contribution in [0.4, 0.5) is 0 Å². The Kier molecular flexibility index (Phi) is 5.58. The number of amides is 1. The Bertz CT molecular complexity index is 551. The van der Waals surface area contributed by atoms with Crippen molar-refractivity contribution in [3.8, 4) is 0 Å². The van der Waals surface area contributed by atoms with Crippen LogP contribution in [0, 0.1) is 0 Å². The Morgan fingerprint density at radius 2 is 2.20 bits per heavy atom. The Labute approximate surface area is 118 Å². The highest BCUT2D eigenvalue weighted by Gasteiger charge is 2.01. The first kappa shape index (κ1) is 14.6. The molecule has 20 heavy (non-hydrogen) atoms. The molecule has 0 aliphatic heterocycles. The smallest absolute Gasteiger partial charge is 0.221 e. The van der Waals surface area contributed by atoms with E-state index in [2.05, 4.69) is 39.9 Å². The zero-order valence-electron chi connectivity index (χ0n) is 11.7. The molecule has 1 amide bonds. The lowest BCUT2D eigenvalue weighted by atomic mass is 10.1. The summed E-state index contributed by atoms with van der Waals surface area (Å²) in [7, 11) is 1.62. The molecule has 2 aromatic rings. The first-order valence-electron chi connectivity index (χ1n) is 6.82. The third kappa shape index (κ3) is 4.36. The fourth-order valence-electron chi connectivity index (χ4n) is 2.03. The summed E-state index contributed by atoms with van der Waals surface area (Å²) in [6, 6.07) is 8.37. The summed E-state index contributed by atoms with van der Waals surface area (Å²) < 4.78 is 4.87. The van der Waals surface area contributed by atoms with Gasteiger partial charge in [-0.15, -0.1) is 0 Å². The Morgan fingerprint density at radius 3 is 3.05 bits per heavy atom. The average Bonchev–Trinajstić information content (AvgIpc) is 2.91. The van der Waals surface area contributed by atoms with Crippen LogP contribution in [-0.2, 0) is 16.1 Å². The van der Waals surface area contributed by atoms with E-state index in [-0.39, 0.29) is 5.91 Å². The van der Waals surface area contributed by atoms with Crippen molar-refractivity contribution in [2.24, 2.45) is 0 Å². The number of aromatic amines is 1. The summed E-state index contributed by atoms with van der Waals surface area (Å²) in [5.74, 6) is 0.0515. The van der Waals surface area contributed by atoms with Gasteiger partial charge < -0.3 is 20.4 Å². The predicted octanol–water partition coefficient (Wildman–Crippen LogP) is 1.41. The fourth-order valence-corrected chi connectivity index (χ4v) is 2.03. The zero-order valence-corrected chi connectivity index (χ0v) is 11.7. The van der Waals surface area contributed by atoms with Gasteiger partial charge in [0.05, 0.1) is 6.61 Å². The minimum absolute atomic E-state index is 0.0515.